The molecule has 192 valence electrons. The van der Waals surface area contributed by atoms with Crippen molar-refractivity contribution >= 4 is 12.1 Å². The number of nitrogens with two attached hydrogens (primary N) is 1. The topological polar surface area (TPSA) is 177 Å². The Balaban J connectivity index is 0.00000107. The number of nitrogens with zero attached hydrogens (tertiary/aromatic N) is 8. The fourth-order valence-electron chi connectivity index (χ4n) is 4.22. The zero-order valence-corrected chi connectivity index (χ0v) is 20.7. The molecule has 0 spiro atoms. The normalized spacial score (nSPS) is 14.6. The van der Waals surface area contributed by atoms with Gasteiger partial charge in [-0.25, -0.2) is 14.6 Å². The van der Waals surface area contributed by atoms with Gasteiger partial charge in [-0.15, -0.1) is 5.10 Å². The second-order valence-corrected chi connectivity index (χ2v) is 8.92. The molecule has 1 aromatic carbocycles. The Kier molecular flexibility index (Phi) is 7.94. The van der Waals surface area contributed by atoms with Crippen molar-refractivity contribution in [1.82, 2.24) is 34.8 Å². The highest BCUT2D eigenvalue weighted by Gasteiger charge is 2.34. The number of hydrogen-bond donors (Lipinski definition) is 2. The highest BCUT2D eigenvalue weighted by Crippen LogP contribution is 2.31. The van der Waals surface area contributed by atoms with Crippen molar-refractivity contribution in [3.05, 3.63) is 71.7 Å². The number of piperidine rings is 1. The fourth-order valence-corrected chi connectivity index (χ4v) is 4.22. The van der Waals surface area contributed by atoms with Crippen LogP contribution in [0.1, 0.15) is 29.8 Å². The lowest BCUT2D eigenvalue weighted by atomic mass is 9.88. The van der Waals surface area contributed by atoms with E-state index >= 15 is 0 Å². The van der Waals surface area contributed by atoms with Crippen LogP contribution in [0.25, 0.3) is 22.6 Å². The fraction of sp³-hybridized carbons (Fsp3) is 0.269. The molecule has 3 aromatic heterocycles. The van der Waals surface area contributed by atoms with Gasteiger partial charge in [-0.3, -0.25) is 4.98 Å². The Hall–Kier alpha value is -4.82. The molecule has 12 heteroatoms. The first-order valence-corrected chi connectivity index (χ1v) is 11.8. The standard InChI is InChI=1S/C25H25N9O.CO2/c1-33-10-8-25(35,9-11-33)23-7-3-6-19(28-23)15-34-16-22(31-32-34)21-13-20(29-24(27)30-21)18-5-2-4-17(12-18)14-26;2-1-3/h2-7,12-13,16,35H,8-11,15H2,1H3,(H2,27,29,30);. The zero-order valence-electron chi connectivity index (χ0n) is 20.7. The van der Waals surface area contributed by atoms with E-state index in [0.717, 1.165) is 24.3 Å². The minimum atomic E-state index is -0.909. The Labute approximate surface area is 218 Å². The number of aliphatic hydroxyl groups is 1. The Morgan fingerprint density at radius 1 is 1.03 bits per heavy atom. The molecule has 0 aliphatic carbocycles. The predicted molar refractivity (Wildman–Crippen MR) is 135 cm³/mol. The smallest absolute Gasteiger partial charge is 0.373 e. The van der Waals surface area contributed by atoms with E-state index in [9.17, 15) is 10.4 Å². The van der Waals surface area contributed by atoms with Gasteiger partial charge in [0.15, 0.2) is 0 Å². The van der Waals surface area contributed by atoms with Crippen molar-refractivity contribution in [2.45, 2.75) is 25.0 Å². The third-order valence-corrected chi connectivity index (χ3v) is 6.25. The summed E-state index contributed by atoms with van der Waals surface area (Å²) in [4.78, 5) is 31.8. The Morgan fingerprint density at radius 3 is 2.47 bits per heavy atom. The largest absolute Gasteiger partial charge is 0.383 e. The van der Waals surface area contributed by atoms with Crippen LogP contribution in [0.15, 0.2) is 54.7 Å². The van der Waals surface area contributed by atoms with E-state index in [1.54, 1.807) is 35.1 Å². The van der Waals surface area contributed by atoms with E-state index in [-0.39, 0.29) is 12.1 Å². The van der Waals surface area contributed by atoms with Crippen LogP contribution in [0.5, 0.6) is 0 Å². The molecule has 1 aliphatic rings. The summed E-state index contributed by atoms with van der Waals surface area (Å²) in [7, 11) is 2.06. The van der Waals surface area contributed by atoms with Gasteiger partial charge in [-0.2, -0.15) is 14.9 Å². The molecule has 3 N–H and O–H groups in total. The molecule has 1 fully saturated rings. The number of aromatic nitrogens is 6. The first kappa shape index (κ1) is 26.2. The lowest BCUT2D eigenvalue weighted by Gasteiger charge is -2.36. The molecule has 1 saturated heterocycles. The summed E-state index contributed by atoms with van der Waals surface area (Å²) < 4.78 is 1.68. The lowest BCUT2D eigenvalue weighted by molar-refractivity contribution is -0.191. The van der Waals surface area contributed by atoms with E-state index in [0.29, 0.717) is 47.7 Å². The van der Waals surface area contributed by atoms with Crippen LogP contribution >= 0.6 is 0 Å². The van der Waals surface area contributed by atoms with Crippen molar-refractivity contribution < 1.29 is 14.7 Å². The number of anilines is 1. The second-order valence-electron chi connectivity index (χ2n) is 8.92. The van der Waals surface area contributed by atoms with Gasteiger partial charge in [0.1, 0.15) is 11.3 Å². The molecule has 38 heavy (non-hydrogen) atoms. The monoisotopic (exact) mass is 511 g/mol. The van der Waals surface area contributed by atoms with Gasteiger partial charge in [-0.05, 0) is 50.2 Å². The van der Waals surface area contributed by atoms with E-state index in [4.69, 9.17) is 20.3 Å². The minimum absolute atomic E-state index is 0.107. The number of hydrogen-bond acceptors (Lipinski definition) is 11. The number of likely N-dealkylation sites (tertiary alicyclic amines) is 1. The van der Waals surface area contributed by atoms with Gasteiger partial charge < -0.3 is 15.7 Å². The molecule has 0 bridgehead atoms. The molecule has 1 aliphatic heterocycles. The first-order valence-electron chi connectivity index (χ1n) is 11.8. The summed E-state index contributed by atoms with van der Waals surface area (Å²) in [5, 5.41) is 28.8. The van der Waals surface area contributed by atoms with E-state index in [1.807, 2.05) is 24.3 Å². The summed E-state index contributed by atoms with van der Waals surface area (Å²) in [6.45, 7) is 2.06. The second kappa shape index (κ2) is 11.5. The quantitative estimate of drug-likeness (QED) is 0.398. The highest BCUT2D eigenvalue weighted by molar-refractivity contribution is 5.68. The van der Waals surface area contributed by atoms with Gasteiger partial charge in [0.05, 0.1) is 47.1 Å². The molecule has 0 saturated carbocycles. The molecular weight excluding hydrogens is 486 g/mol. The van der Waals surface area contributed by atoms with Crippen molar-refractivity contribution in [3.8, 4) is 28.7 Å². The average Bonchev–Trinajstić information content (AvgIpc) is 3.39. The summed E-state index contributed by atoms with van der Waals surface area (Å²) >= 11 is 0. The third-order valence-electron chi connectivity index (χ3n) is 6.25. The van der Waals surface area contributed by atoms with E-state index in [1.165, 1.54) is 0 Å². The van der Waals surface area contributed by atoms with Crippen LogP contribution in [-0.4, -0.2) is 66.2 Å². The van der Waals surface area contributed by atoms with Crippen molar-refractivity contribution in [2.24, 2.45) is 0 Å². The van der Waals surface area contributed by atoms with Crippen LogP contribution in [-0.2, 0) is 21.7 Å². The molecule has 0 atom stereocenters. The molecule has 0 unspecified atom stereocenters. The van der Waals surface area contributed by atoms with Crippen LogP contribution < -0.4 is 5.73 Å². The lowest BCUT2D eigenvalue weighted by Crippen LogP contribution is -2.41. The maximum atomic E-state index is 11.1. The predicted octanol–water partition coefficient (Wildman–Crippen LogP) is 1.63. The number of carbonyl (C=O) groups excluding carboxylic acids is 2. The maximum Gasteiger partial charge on any atom is 0.373 e. The number of nitrogen functional groups attached to an aromatic ring is 1. The van der Waals surface area contributed by atoms with Crippen LogP contribution in [0, 0.1) is 11.3 Å². The van der Waals surface area contributed by atoms with E-state index < -0.39 is 5.60 Å². The summed E-state index contributed by atoms with van der Waals surface area (Å²) in [6.07, 6.45) is 3.33. The van der Waals surface area contributed by atoms with Crippen molar-refractivity contribution in [2.75, 3.05) is 25.9 Å². The molecule has 0 amide bonds. The number of pyridine rings is 1. The SMILES string of the molecule is CN1CCC(O)(c2cccc(Cn3cc(-c4cc(-c5cccc(C#N)c5)nc(N)n4)nn3)n2)CC1.O=C=O. The van der Waals surface area contributed by atoms with Gasteiger partial charge in [0.2, 0.25) is 5.95 Å². The van der Waals surface area contributed by atoms with Crippen molar-refractivity contribution in [1.29, 1.82) is 5.26 Å². The number of benzene rings is 1. The molecule has 4 aromatic rings. The van der Waals surface area contributed by atoms with Gasteiger partial charge in [0, 0.05) is 18.7 Å². The van der Waals surface area contributed by atoms with Crippen LogP contribution in [0.2, 0.25) is 0 Å². The van der Waals surface area contributed by atoms with Gasteiger partial charge in [-0.1, -0.05) is 23.4 Å². The van der Waals surface area contributed by atoms with Crippen LogP contribution in [0.4, 0.5) is 5.95 Å². The number of rotatable bonds is 5. The molecule has 5 rings (SSSR count). The summed E-state index contributed by atoms with van der Waals surface area (Å²) in [5.41, 5.74) is 9.50. The maximum absolute atomic E-state index is 11.1. The molecule has 0 radical (unpaired) electrons. The summed E-state index contributed by atoms with van der Waals surface area (Å²) in [6, 6.07) is 16.7. The zero-order chi connectivity index (χ0) is 27.1. The Bertz CT molecular complexity index is 1500. The van der Waals surface area contributed by atoms with Crippen molar-refractivity contribution in [3.63, 3.8) is 0 Å². The molecule has 4 heterocycles. The Morgan fingerprint density at radius 2 is 1.74 bits per heavy atom. The summed E-state index contributed by atoms with van der Waals surface area (Å²) in [5.74, 6) is 0.107. The van der Waals surface area contributed by atoms with E-state index in [2.05, 4.69) is 38.3 Å². The minimum Gasteiger partial charge on any atom is -0.383 e. The number of nitriles is 1. The van der Waals surface area contributed by atoms with Gasteiger partial charge in [0.25, 0.3) is 0 Å². The third kappa shape index (κ3) is 6.11. The van der Waals surface area contributed by atoms with Crippen LogP contribution in [0.3, 0.4) is 0 Å². The first-order chi connectivity index (χ1) is 18.3. The highest BCUT2D eigenvalue weighted by atomic mass is 16.3. The molecule has 12 nitrogen and oxygen atoms in total. The molecular formula is C26H25N9O3. The van der Waals surface area contributed by atoms with Gasteiger partial charge >= 0.3 is 6.15 Å². The average molecular weight is 512 g/mol.